The number of aryl methyl sites for hydroxylation is 1. The van der Waals surface area contributed by atoms with Gasteiger partial charge in [-0.3, -0.25) is 4.79 Å². The number of rotatable bonds is 4. The Morgan fingerprint density at radius 2 is 2.10 bits per heavy atom. The lowest BCUT2D eigenvalue weighted by atomic mass is 9.91. The summed E-state index contributed by atoms with van der Waals surface area (Å²) >= 11 is 0. The monoisotopic (exact) mass is 278 g/mol. The summed E-state index contributed by atoms with van der Waals surface area (Å²) in [7, 11) is 0. The van der Waals surface area contributed by atoms with Crippen LogP contribution in [0.4, 0.5) is 4.39 Å². The normalized spacial score (nSPS) is 17.1. The zero-order valence-corrected chi connectivity index (χ0v) is 12.3. The van der Waals surface area contributed by atoms with Gasteiger partial charge < -0.3 is 10.2 Å². The number of piperazine rings is 1. The zero-order chi connectivity index (χ0) is 14.5. The predicted molar refractivity (Wildman–Crippen MR) is 78.2 cm³/mol. The quantitative estimate of drug-likeness (QED) is 0.917. The number of halogens is 1. The van der Waals surface area contributed by atoms with Crippen LogP contribution in [-0.2, 0) is 4.79 Å². The number of nitrogens with one attached hydrogen (secondary N) is 1. The van der Waals surface area contributed by atoms with Crippen molar-refractivity contribution in [1.82, 2.24) is 10.2 Å². The van der Waals surface area contributed by atoms with Crippen LogP contribution in [0.1, 0.15) is 36.8 Å². The van der Waals surface area contributed by atoms with Crippen LogP contribution in [0.3, 0.4) is 0 Å². The highest BCUT2D eigenvalue weighted by molar-refractivity contribution is 5.84. The van der Waals surface area contributed by atoms with Gasteiger partial charge in [0.05, 0.1) is 5.92 Å². The molecule has 1 saturated heterocycles. The summed E-state index contributed by atoms with van der Waals surface area (Å²) in [4.78, 5) is 14.6. The first kappa shape index (κ1) is 15.0. The van der Waals surface area contributed by atoms with Crippen molar-refractivity contribution in [2.75, 3.05) is 26.2 Å². The first-order chi connectivity index (χ1) is 9.63. The second-order valence-electron chi connectivity index (χ2n) is 5.43. The van der Waals surface area contributed by atoms with E-state index in [9.17, 15) is 9.18 Å². The highest BCUT2D eigenvalue weighted by Crippen LogP contribution is 2.25. The Kier molecular flexibility index (Phi) is 5.12. The van der Waals surface area contributed by atoms with Crippen LogP contribution in [0.15, 0.2) is 18.2 Å². The topological polar surface area (TPSA) is 32.3 Å². The molecular formula is C16H23FN2O. The van der Waals surface area contributed by atoms with E-state index in [1.807, 2.05) is 11.0 Å². The molecule has 0 radical (unpaired) electrons. The van der Waals surface area contributed by atoms with Crippen molar-refractivity contribution in [3.63, 3.8) is 0 Å². The van der Waals surface area contributed by atoms with Gasteiger partial charge in [0.1, 0.15) is 5.82 Å². The Labute approximate surface area is 120 Å². The summed E-state index contributed by atoms with van der Waals surface area (Å²) in [6, 6.07) is 5.04. The fraction of sp³-hybridized carbons (Fsp3) is 0.562. The third kappa shape index (κ3) is 3.37. The van der Waals surface area contributed by atoms with Crippen LogP contribution in [-0.4, -0.2) is 37.0 Å². The van der Waals surface area contributed by atoms with Crippen molar-refractivity contribution in [2.24, 2.45) is 0 Å². The molecule has 1 atom stereocenters. The Bertz CT molecular complexity index is 470. The molecule has 4 heteroatoms. The lowest BCUT2D eigenvalue weighted by molar-refractivity contribution is -0.133. The molecule has 3 nitrogen and oxygen atoms in total. The molecule has 1 aromatic rings. The van der Waals surface area contributed by atoms with Crippen LogP contribution >= 0.6 is 0 Å². The van der Waals surface area contributed by atoms with Crippen molar-refractivity contribution in [3.05, 3.63) is 35.1 Å². The molecule has 1 amide bonds. The highest BCUT2D eigenvalue weighted by Gasteiger charge is 2.26. The van der Waals surface area contributed by atoms with Gasteiger partial charge in [0.2, 0.25) is 5.91 Å². The standard InChI is InChI=1S/C16H23FN2O/c1-3-4-14(13-5-6-15(17)12(2)11-13)16(20)19-9-7-18-8-10-19/h5-6,11,14,18H,3-4,7-10H2,1-2H3. The number of amides is 1. The molecule has 1 fully saturated rings. The maximum atomic E-state index is 13.4. The summed E-state index contributed by atoms with van der Waals surface area (Å²) in [6.45, 7) is 7.06. The lowest BCUT2D eigenvalue weighted by Crippen LogP contribution is -2.48. The molecule has 0 aromatic heterocycles. The highest BCUT2D eigenvalue weighted by atomic mass is 19.1. The molecule has 1 N–H and O–H groups in total. The van der Waals surface area contributed by atoms with E-state index in [4.69, 9.17) is 0 Å². The van der Waals surface area contributed by atoms with Crippen molar-refractivity contribution in [1.29, 1.82) is 0 Å². The van der Waals surface area contributed by atoms with Crippen LogP contribution in [0, 0.1) is 12.7 Å². The van der Waals surface area contributed by atoms with Gasteiger partial charge in [-0.05, 0) is 30.5 Å². The lowest BCUT2D eigenvalue weighted by Gasteiger charge is -2.31. The molecule has 0 saturated carbocycles. The average Bonchev–Trinajstić information content (AvgIpc) is 2.48. The van der Waals surface area contributed by atoms with Crippen molar-refractivity contribution in [3.8, 4) is 0 Å². The van der Waals surface area contributed by atoms with Gasteiger partial charge in [0, 0.05) is 26.2 Å². The summed E-state index contributed by atoms with van der Waals surface area (Å²) < 4.78 is 13.4. The van der Waals surface area contributed by atoms with Gasteiger partial charge in [-0.25, -0.2) is 4.39 Å². The smallest absolute Gasteiger partial charge is 0.230 e. The number of benzene rings is 1. The van der Waals surface area contributed by atoms with E-state index in [0.717, 1.165) is 44.6 Å². The van der Waals surface area contributed by atoms with Crippen LogP contribution in [0.5, 0.6) is 0 Å². The molecule has 20 heavy (non-hydrogen) atoms. The SMILES string of the molecule is CCCC(C(=O)N1CCNCC1)c1ccc(F)c(C)c1. The van der Waals surface area contributed by atoms with Crippen LogP contribution in [0.2, 0.25) is 0 Å². The average molecular weight is 278 g/mol. The number of hydrogen-bond acceptors (Lipinski definition) is 2. The minimum atomic E-state index is -0.210. The molecule has 0 spiro atoms. The molecule has 1 heterocycles. The van der Waals surface area contributed by atoms with E-state index in [-0.39, 0.29) is 17.6 Å². The van der Waals surface area contributed by atoms with E-state index in [2.05, 4.69) is 12.2 Å². The number of carbonyl (C=O) groups excluding carboxylic acids is 1. The fourth-order valence-corrected chi connectivity index (χ4v) is 2.71. The van der Waals surface area contributed by atoms with Crippen molar-refractivity contribution in [2.45, 2.75) is 32.6 Å². The Hall–Kier alpha value is -1.42. The van der Waals surface area contributed by atoms with Gasteiger partial charge in [-0.15, -0.1) is 0 Å². The fourth-order valence-electron chi connectivity index (χ4n) is 2.71. The van der Waals surface area contributed by atoms with Crippen molar-refractivity contribution < 1.29 is 9.18 Å². The third-order valence-electron chi connectivity index (χ3n) is 3.89. The minimum Gasteiger partial charge on any atom is -0.340 e. The molecule has 0 bridgehead atoms. The number of carbonyl (C=O) groups is 1. The molecule has 0 aliphatic carbocycles. The third-order valence-corrected chi connectivity index (χ3v) is 3.89. The summed E-state index contributed by atoms with van der Waals surface area (Å²) in [5, 5.41) is 3.25. The van der Waals surface area contributed by atoms with Gasteiger partial charge in [0.25, 0.3) is 0 Å². The van der Waals surface area contributed by atoms with Gasteiger partial charge >= 0.3 is 0 Å². The van der Waals surface area contributed by atoms with Crippen molar-refractivity contribution >= 4 is 5.91 Å². The van der Waals surface area contributed by atoms with E-state index >= 15 is 0 Å². The Morgan fingerprint density at radius 1 is 1.40 bits per heavy atom. The van der Waals surface area contributed by atoms with Crippen LogP contribution < -0.4 is 5.32 Å². The van der Waals surface area contributed by atoms with Crippen LogP contribution in [0.25, 0.3) is 0 Å². The van der Waals surface area contributed by atoms with E-state index in [0.29, 0.717) is 5.56 Å². The van der Waals surface area contributed by atoms with E-state index in [1.54, 1.807) is 13.0 Å². The molecular weight excluding hydrogens is 255 g/mol. The second-order valence-corrected chi connectivity index (χ2v) is 5.43. The Morgan fingerprint density at radius 3 is 2.70 bits per heavy atom. The summed E-state index contributed by atoms with van der Waals surface area (Å²) in [5.41, 5.74) is 1.55. The van der Waals surface area contributed by atoms with E-state index < -0.39 is 0 Å². The summed E-state index contributed by atoms with van der Waals surface area (Å²) in [5.74, 6) is -0.171. The van der Waals surface area contributed by atoms with Gasteiger partial charge in [-0.2, -0.15) is 0 Å². The Balaban J connectivity index is 2.20. The largest absolute Gasteiger partial charge is 0.340 e. The van der Waals surface area contributed by atoms with E-state index in [1.165, 1.54) is 6.07 Å². The number of nitrogens with zero attached hydrogens (tertiary/aromatic N) is 1. The molecule has 1 unspecified atom stereocenters. The molecule has 1 aromatic carbocycles. The molecule has 110 valence electrons. The molecule has 1 aliphatic heterocycles. The zero-order valence-electron chi connectivity index (χ0n) is 12.3. The minimum absolute atomic E-state index is 0.141. The first-order valence-electron chi connectivity index (χ1n) is 7.39. The maximum Gasteiger partial charge on any atom is 0.230 e. The van der Waals surface area contributed by atoms with Gasteiger partial charge in [-0.1, -0.05) is 25.5 Å². The number of hydrogen-bond donors (Lipinski definition) is 1. The molecule has 1 aliphatic rings. The summed E-state index contributed by atoms with van der Waals surface area (Å²) in [6.07, 6.45) is 1.76. The first-order valence-corrected chi connectivity index (χ1v) is 7.39. The van der Waals surface area contributed by atoms with Gasteiger partial charge in [0.15, 0.2) is 0 Å². The molecule has 2 rings (SSSR count). The maximum absolute atomic E-state index is 13.4. The predicted octanol–water partition coefficient (Wildman–Crippen LogP) is 2.45. The second kappa shape index (κ2) is 6.84.